The molecule has 20 heavy (non-hydrogen) atoms. The molecule has 5 heteroatoms. The van der Waals surface area contributed by atoms with E-state index < -0.39 is 0 Å². The van der Waals surface area contributed by atoms with E-state index in [4.69, 9.17) is 5.11 Å². The van der Waals surface area contributed by atoms with Gasteiger partial charge in [0.1, 0.15) is 0 Å². The Hall–Kier alpha value is -1.07. The van der Waals surface area contributed by atoms with Gasteiger partial charge < -0.3 is 15.7 Å². The van der Waals surface area contributed by atoms with Crippen LogP contribution in [0.2, 0.25) is 0 Å². The molecule has 114 valence electrons. The summed E-state index contributed by atoms with van der Waals surface area (Å²) in [6.07, 6.45) is 8.45. The zero-order valence-corrected chi connectivity index (χ0v) is 12.3. The highest BCUT2D eigenvalue weighted by Crippen LogP contribution is 2.17. The predicted octanol–water partition coefficient (Wildman–Crippen LogP) is 1.10. The zero-order chi connectivity index (χ0) is 14.4. The van der Waals surface area contributed by atoms with Gasteiger partial charge in [-0.3, -0.25) is 4.90 Å². The Morgan fingerprint density at radius 2 is 2.25 bits per heavy atom. The van der Waals surface area contributed by atoms with Crippen molar-refractivity contribution in [3.05, 3.63) is 12.2 Å². The van der Waals surface area contributed by atoms with E-state index in [0.717, 1.165) is 26.1 Å². The van der Waals surface area contributed by atoms with Crippen LogP contribution in [0.1, 0.15) is 32.6 Å². The molecule has 0 aromatic carbocycles. The van der Waals surface area contributed by atoms with Crippen LogP contribution in [0.3, 0.4) is 0 Å². The monoisotopic (exact) mass is 281 g/mol. The zero-order valence-electron chi connectivity index (χ0n) is 12.3. The number of nitrogens with zero attached hydrogens (tertiary/aromatic N) is 1. The smallest absolute Gasteiger partial charge is 0.315 e. The van der Waals surface area contributed by atoms with Gasteiger partial charge in [0.15, 0.2) is 0 Å². The standard InChI is InChI=1S/C15H27N3O2/c1-2-18-8-4-3-5-14(18)10-16-15(20)17-13-7-6-12(9-13)11-19/h6-7,12-14,19H,2-5,8-11H2,1H3,(H2,16,17,20)/t12-,13+,14?/m0/s1. The average molecular weight is 281 g/mol. The lowest BCUT2D eigenvalue weighted by Gasteiger charge is -2.34. The molecule has 0 saturated carbocycles. The number of aliphatic hydroxyl groups is 1. The summed E-state index contributed by atoms with van der Waals surface area (Å²) in [6, 6.07) is 0.435. The molecule has 1 unspecified atom stereocenters. The van der Waals surface area contributed by atoms with Crippen molar-refractivity contribution in [1.29, 1.82) is 0 Å². The fourth-order valence-electron chi connectivity index (χ4n) is 3.15. The number of carbonyl (C=O) groups is 1. The first-order chi connectivity index (χ1) is 9.72. The number of carbonyl (C=O) groups excluding carboxylic acids is 1. The van der Waals surface area contributed by atoms with Gasteiger partial charge in [-0.25, -0.2) is 4.79 Å². The molecule has 1 saturated heterocycles. The molecule has 3 N–H and O–H groups in total. The van der Waals surface area contributed by atoms with E-state index in [1.165, 1.54) is 19.3 Å². The third-order valence-corrected chi connectivity index (χ3v) is 4.38. The molecule has 5 nitrogen and oxygen atoms in total. The van der Waals surface area contributed by atoms with Crippen molar-refractivity contribution >= 4 is 6.03 Å². The van der Waals surface area contributed by atoms with Gasteiger partial charge in [0.05, 0.1) is 0 Å². The number of hydrogen-bond donors (Lipinski definition) is 3. The maximum atomic E-state index is 11.9. The first-order valence-corrected chi connectivity index (χ1v) is 7.80. The lowest BCUT2D eigenvalue weighted by atomic mass is 10.0. The minimum absolute atomic E-state index is 0.0563. The first-order valence-electron chi connectivity index (χ1n) is 7.80. The van der Waals surface area contributed by atoms with Crippen LogP contribution in [0.15, 0.2) is 12.2 Å². The number of hydrogen-bond acceptors (Lipinski definition) is 3. The molecule has 1 heterocycles. The average Bonchev–Trinajstić information content (AvgIpc) is 2.93. The summed E-state index contributed by atoms with van der Waals surface area (Å²) in [7, 11) is 0. The fraction of sp³-hybridized carbons (Fsp3) is 0.800. The van der Waals surface area contributed by atoms with Crippen molar-refractivity contribution in [3.63, 3.8) is 0 Å². The number of aliphatic hydroxyl groups excluding tert-OH is 1. The number of rotatable bonds is 5. The minimum atomic E-state index is -0.0973. The Bertz CT molecular complexity index is 346. The lowest BCUT2D eigenvalue weighted by Crippen LogP contribution is -2.49. The maximum Gasteiger partial charge on any atom is 0.315 e. The third-order valence-electron chi connectivity index (χ3n) is 4.38. The maximum absolute atomic E-state index is 11.9. The van der Waals surface area contributed by atoms with Crippen molar-refractivity contribution in [2.24, 2.45) is 5.92 Å². The molecule has 1 aliphatic heterocycles. The predicted molar refractivity (Wildman–Crippen MR) is 79.5 cm³/mol. The first kappa shape index (κ1) is 15.3. The van der Waals surface area contributed by atoms with Crippen LogP contribution in [0.5, 0.6) is 0 Å². The summed E-state index contributed by atoms with van der Waals surface area (Å²) in [4.78, 5) is 14.3. The third kappa shape index (κ3) is 4.21. The van der Waals surface area contributed by atoms with Crippen molar-refractivity contribution < 1.29 is 9.90 Å². The van der Waals surface area contributed by atoms with Crippen LogP contribution in [0, 0.1) is 5.92 Å². The number of nitrogens with one attached hydrogen (secondary N) is 2. The second kappa shape index (κ2) is 7.64. The highest BCUT2D eigenvalue weighted by molar-refractivity contribution is 5.74. The molecule has 3 atom stereocenters. The van der Waals surface area contributed by atoms with Crippen LogP contribution in [0.25, 0.3) is 0 Å². The largest absolute Gasteiger partial charge is 0.396 e. The Morgan fingerprint density at radius 3 is 2.95 bits per heavy atom. The van der Waals surface area contributed by atoms with E-state index >= 15 is 0 Å². The van der Waals surface area contributed by atoms with Gasteiger partial charge in [-0.1, -0.05) is 25.5 Å². The Morgan fingerprint density at radius 1 is 1.40 bits per heavy atom. The van der Waals surface area contributed by atoms with E-state index in [9.17, 15) is 4.79 Å². The normalized spacial score (nSPS) is 30.4. The summed E-state index contributed by atoms with van der Waals surface area (Å²) in [6.45, 7) is 5.26. The number of likely N-dealkylation sites (N-methyl/N-ethyl adjacent to an activating group) is 1. The van der Waals surface area contributed by atoms with Crippen molar-refractivity contribution in [3.8, 4) is 0 Å². The van der Waals surface area contributed by atoms with Gasteiger partial charge in [-0.05, 0) is 32.4 Å². The van der Waals surface area contributed by atoms with Gasteiger partial charge in [0, 0.05) is 31.2 Å². The lowest BCUT2D eigenvalue weighted by molar-refractivity contribution is 0.153. The number of amides is 2. The quantitative estimate of drug-likeness (QED) is 0.661. The van der Waals surface area contributed by atoms with Crippen molar-refractivity contribution in [2.75, 3.05) is 26.2 Å². The molecule has 1 fully saturated rings. The molecule has 0 aromatic heterocycles. The van der Waals surface area contributed by atoms with E-state index in [1.807, 2.05) is 12.2 Å². The molecular formula is C15H27N3O2. The number of urea groups is 1. The summed E-state index contributed by atoms with van der Waals surface area (Å²) in [5.74, 6) is 0.189. The molecule has 2 amide bonds. The van der Waals surface area contributed by atoms with E-state index in [1.54, 1.807) is 0 Å². The highest BCUT2D eigenvalue weighted by atomic mass is 16.3. The fourth-order valence-corrected chi connectivity index (χ4v) is 3.15. The van der Waals surface area contributed by atoms with E-state index in [-0.39, 0.29) is 24.6 Å². The van der Waals surface area contributed by atoms with Gasteiger partial charge in [-0.2, -0.15) is 0 Å². The van der Waals surface area contributed by atoms with Crippen LogP contribution < -0.4 is 10.6 Å². The molecule has 2 aliphatic rings. The molecule has 0 spiro atoms. The van der Waals surface area contributed by atoms with Crippen molar-refractivity contribution in [2.45, 2.75) is 44.7 Å². The van der Waals surface area contributed by atoms with Gasteiger partial charge >= 0.3 is 6.03 Å². The van der Waals surface area contributed by atoms with Gasteiger partial charge in [0.25, 0.3) is 0 Å². The van der Waals surface area contributed by atoms with Crippen molar-refractivity contribution in [1.82, 2.24) is 15.5 Å². The number of piperidine rings is 1. The SMILES string of the molecule is CCN1CCCCC1CNC(=O)N[C@@H]1C=C[C@H](CO)C1. The Balaban J connectivity index is 1.68. The Kier molecular flexibility index (Phi) is 5.86. The summed E-state index contributed by atoms with van der Waals surface area (Å²) < 4.78 is 0. The summed E-state index contributed by atoms with van der Waals surface area (Å²) in [5.41, 5.74) is 0. The van der Waals surface area contributed by atoms with Gasteiger partial charge in [-0.15, -0.1) is 0 Å². The second-order valence-electron chi connectivity index (χ2n) is 5.80. The minimum Gasteiger partial charge on any atom is -0.396 e. The topological polar surface area (TPSA) is 64.6 Å². The number of likely N-dealkylation sites (tertiary alicyclic amines) is 1. The molecule has 0 bridgehead atoms. The second-order valence-corrected chi connectivity index (χ2v) is 5.80. The van der Waals surface area contributed by atoms with Crippen LogP contribution in [-0.2, 0) is 0 Å². The highest BCUT2D eigenvalue weighted by Gasteiger charge is 2.23. The Labute approximate surface area is 121 Å². The van der Waals surface area contributed by atoms with Crippen LogP contribution >= 0.6 is 0 Å². The van der Waals surface area contributed by atoms with E-state index in [0.29, 0.717) is 6.04 Å². The molecule has 2 rings (SSSR count). The van der Waals surface area contributed by atoms with Crippen LogP contribution in [-0.4, -0.2) is 54.4 Å². The van der Waals surface area contributed by atoms with E-state index in [2.05, 4.69) is 22.5 Å². The molecule has 0 radical (unpaired) electrons. The van der Waals surface area contributed by atoms with Gasteiger partial charge in [0.2, 0.25) is 0 Å². The summed E-state index contributed by atoms with van der Waals surface area (Å²) in [5, 5.41) is 15.0. The molecule has 0 aromatic rings. The molecular weight excluding hydrogens is 254 g/mol. The van der Waals surface area contributed by atoms with Crippen LogP contribution in [0.4, 0.5) is 4.79 Å². The molecule has 1 aliphatic carbocycles. The summed E-state index contributed by atoms with van der Waals surface area (Å²) >= 11 is 0.